The lowest BCUT2D eigenvalue weighted by molar-refractivity contribution is 0.919. The molecule has 0 aliphatic heterocycles. The summed E-state index contributed by atoms with van der Waals surface area (Å²) in [6.07, 6.45) is 3.68. The number of aromatic nitrogens is 2. The summed E-state index contributed by atoms with van der Waals surface area (Å²) in [6.45, 7) is 8.93. The van der Waals surface area contributed by atoms with Crippen LogP contribution in [0.3, 0.4) is 0 Å². The molecule has 2 rings (SSSR count). The van der Waals surface area contributed by atoms with Gasteiger partial charge in [0.2, 0.25) is 0 Å². The highest BCUT2D eigenvalue weighted by Crippen LogP contribution is 2.24. The van der Waals surface area contributed by atoms with E-state index in [-0.39, 0.29) is 0 Å². The summed E-state index contributed by atoms with van der Waals surface area (Å²) in [5, 5.41) is 0. The molecule has 0 amide bonds. The lowest BCUT2D eigenvalue weighted by atomic mass is 10.3. The highest BCUT2D eigenvalue weighted by atomic mass is 79.9. The first-order chi connectivity index (χ1) is 8.76. The number of anilines is 1. The molecule has 0 radical (unpaired) electrons. The fourth-order valence-corrected chi connectivity index (χ4v) is 2.26. The van der Waals surface area contributed by atoms with E-state index in [1.54, 1.807) is 0 Å². The smallest absolute Gasteiger partial charge is 0.163 e. The topological polar surface area (TPSA) is 29.0 Å². The van der Waals surface area contributed by atoms with Gasteiger partial charge in [-0.25, -0.2) is 9.97 Å². The van der Waals surface area contributed by atoms with Gasteiger partial charge in [0.05, 0.1) is 11.0 Å². The Morgan fingerprint density at radius 2 is 1.61 bits per heavy atom. The fourth-order valence-electron chi connectivity index (χ4n) is 1.73. The zero-order chi connectivity index (χ0) is 13.0. The Morgan fingerprint density at radius 1 is 1.06 bits per heavy atom. The molecule has 4 heteroatoms. The van der Waals surface area contributed by atoms with Gasteiger partial charge in [-0.3, -0.25) is 0 Å². The third-order valence-electron chi connectivity index (χ3n) is 2.51. The zero-order valence-corrected chi connectivity index (χ0v) is 11.6. The highest BCUT2D eigenvalue weighted by molar-refractivity contribution is 9.10. The second-order valence-electron chi connectivity index (χ2n) is 3.81. The van der Waals surface area contributed by atoms with E-state index in [0.29, 0.717) is 13.1 Å². The van der Waals surface area contributed by atoms with E-state index in [9.17, 15) is 0 Å². The third kappa shape index (κ3) is 2.59. The molecular formula is C14H14BrN3. The molecule has 1 heterocycles. The molecule has 3 nitrogen and oxygen atoms in total. The van der Waals surface area contributed by atoms with E-state index in [2.05, 4.69) is 44.0 Å². The number of nitrogens with zero attached hydrogens (tertiary/aromatic N) is 3. The predicted octanol–water partition coefficient (Wildman–Crippen LogP) is 3.57. The van der Waals surface area contributed by atoms with Crippen molar-refractivity contribution >= 4 is 32.8 Å². The fraction of sp³-hybridized carbons (Fsp3) is 0.143. The van der Waals surface area contributed by atoms with Crippen molar-refractivity contribution in [3.05, 3.63) is 54.2 Å². The summed E-state index contributed by atoms with van der Waals surface area (Å²) in [6, 6.07) is 7.81. The Labute approximate surface area is 115 Å². The molecule has 0 saturated carbocycles. The molecule has 0 aliphatic carbocycles. The molecular weight excluding hydrogens is 290 g/mol. The molecule has 1 aromatic carbocycles. The molecule has 0 bridgehead atoms. The van der Waals surface area contributed by atoms with Crippen molar-refractivity contribution in [2.45, 2.75) is 0 Å². The van der Waals surface area contributed by atoms with Crippen LogP contribution in [0.2, 0.25) is 0 Å². The number of halogens is 1. The van der Waals surface area contributed by atoms with Gasteiger partial charge in [0.25, 0.3) is 0 Å². The number of fused-ring (bicyclic) bond motifs is 1. The molecule has 18 heavy (non-hydrogen) atoms. The van der Waals surface area contributed by atoms with Crippen LogP contribution in [-0.2, 0) is 0 Å². The Bertz CT molecular complexity index is 570. The zero-order valence-electron chi connectivity index (χ0n) is 10.0. The molecule has 0 unspecified atom stereocenters. The van der Waals surface area contributed by atoms with Crippen LogP contribution in [0.4, 0.5) is 5.82 Å². The van der Waals surface area contributed by atoms with Gasteiger partial charge in [0.1, 0.15) is 4.60 Å². The molecule has 0 aliphatic rings. The summed E-state index contributed by atoms with van der Waals surface area (Å²) in [5.41, 5.74) is 1.76. The Balaban J connectivity index is 2.50. The van der Waals surface area contributed by atoms with Gasteiger partial charge in [0.15, 0.2) is 5.82 Å². The minimum Gasteiger partial charge on any atom is -0.347 e. The average Bonchev–Trinajstić information content (AvgIpc) is 2.38. The third-order valence-corrected chi connectivity index (χ3v) is 3.04. The summed E-state index contributed by atoms with van der Waals surface area (Å²) in [4.78, 5) is 11.2. The molecule has 0 N–H and O–H groups in total. The first-order valence-electron chi connectivity index (χ1n) is 5.65. The Kier molecular flexibility index (Phi) is 4.10. The summed E-state index contributed by atoms with van der Waals surface area (Å²) >= 11 is 3.47. The van der Waals surface area contributed by atoms with Gasteiger partial charge in [-0.2, -0.15) is 0 Å². The molecule has 0 spiro atoms. The van der Waals surface area contributed by atoms with Crippen molar-refractivity contribution in [3.8, 4) is 0 Å². The second kappa shape index (κ2) is 5.78. The monoisotopic (exact) mass is 303 g/mol. The maximum absolute atomic E-state index is 4.63. The molecule has 0 atom stereocenters. The minimum atomic E-state index is 0.706. The van der Waals surface area contributed by atoms with Gasteiger partial charge in [-0.1, -0.05) is 24.3 Å². The van der Waals surface area contributed by atoms with E-state index >= 15 is 0 Å². The van der Waals surface area contributed by atoms with Crippen LogP contribution in [0.15, 0.2) is 54.2 Å². The SMILES string of the molecule is C=CCN(CC=C)c1nc2ccccc2nc1Br. The maximum atomic E-state index is 4.63. The van der Waals surface area contributed by atoms with Crippen LogP contribution in [0, 0.1) is 0 Å². The highest BCUT2D eigenvalue weighted by Gasteiger charge is 2.11. The summed E-state index contributed by atoms with van der Waals surface area (Å²) in [5.74, 6) is 0.813. The van der Waals surface area contributed by atoms with Crippen LogP contribution in [0.5, 0.6) is 0 Å². The average molecular weight is 304 g/mol. The molecule has 92 valence electrons. The number of para-hydroxylation sites is 2. The van der Waals surface area contributed by atoms with Crippen LogP contribution >= 0.6 is 15.9 Å². The Morgan fingerprint density at radius 3 is 2.17 bits per heavy atom. The van der Waals surface area contributed by atoms with Crippen molar-refractivity contribution in [2.75, 3.05) is 18.0 Å². The van der Waals surface area contributed by atoms with E-state index in [0.717, 1.165) is 21.5 Å². The van der Waals surface area contributed by atoms with Crippen LogP contribution in [-0.4, -0.2) is 23.1 Å². The Hall–Kier alpha value is -1.68. The van der Waals surface area contributed by atoms with Gasteiger partial charge in [-0.15, -0.1) is 13.2 Å². The van der Waals surface area contributed by atoms with Crippen LogP contribution in [0.1, 0.15) is 0 Å². The largest absolute Gasteiger partial charge is 0.347 e. The van der Waals surface area contributed by atoms with Gasteiger partial charge < -0.3 is 4.90 Å². The maximum Gasteiger partial charge on any atom is 0.163 e. The molecule has 0 saturated heterocycles. The second-order valence-corrected chi connectivity index (χ2v) is 4.56. The lowest BCUT2D eigenvalue weighted by Gasteiger charge is -2.21. The van der Waals surface area contributed by atoms with Gasteiger partial charge >= 0.3 is 0 Å². The summed E-state index contributed by atoms with van der Waals surface area (Å²) in [7, 11) is 0. The number of hydrogen-bond acceptors (Lipinski definition) is 3. The van der Waals surface area contributed by atoms with E-state index in [1.165, 1.54) is 0 Å². The standard InChI is InChI=1S/C14H14BrN3/c1-3-9-18(10-4-2)14-13(15)16-11-7-5-6-8-12(11)17-14/h3-8H,1-2,9-10H2. The number of benzene rings is 1. The van der Waals surface area contributed by atoms with E-state index in [1.807, 2.05) is 36.4 Å². The first kappa shape index (κ1) is 12.8. The van der Waals surface area contributed by atoms with Crippen molar-refractivity contribution in [1.82, 2.24) is 9.97 Å². The lowest BCUT2D eigenvalue weighted by Crippen LogP contribution is -2.24. The quantitative estimate of drug-likeness (QED) is 0.791. The predicted molar refractivity (Wildman–Crippen MR) is 79.8 cm³/mol. The number of hydrogen-bond donors (Lipinski definition) is 0. The normalized spacial score (nSPS) is 10.3. The van der Waals surface area contributed by atoms with Gasteiger partial charge in [0, 0.05) is 13.1 Å². The van der Waals surface area contributed by atoms with Crippen molar-refractivity contribution < 1.29 is 0 Å². The van der Waals surface area contributed by atoms with Crippen LogP contribution in [0.25, 0.3) is 11.0 Å². The number of rotatable bonds is 5. The minimum absolute atomic E-state index is 0.706. The van der Waals surface area contributed by atoms with Gasteiger partial charge in [-0.05, 0) is 28.1 Å². The molecule has 0 fully saturated rings. The van der Waals surface area contributed by atoms with Crippen molar-refractivity contribution in [1.29, 1.82) is 0 Å². The van der Waals surface area contributed by atoms with Crippen LogP contribution < -0.4 is 4.90 Å². The van der Waals surface area contributed by atoms with E-state index < -0.39 is 0 Å². The van der Waals surface area contributed by atoms with E-state index in [4.69, 9.17) is 0 Å². The molecule has 1 aromatic heterocycles. The van der Waals surface area contributed by atoms with Crippen molar-refractivity contribution in [2.24, 2.45) is 0 Å². The molecule has 2 aromatic rings. The first-order valence-corrected chi connectivity index (χ1v) is 6.44. The van der Waals surface area contributed by atoms with Crippen molar-refractivity contribution in [3.63, 3.8) is 0 Å². The summed E-state index contributed by atoms with van der Waals surface area (Å²) < 4.78 is 0.741.